The Morgan fingerprint density at radius 2 is 1.88 bits per heavy atom. The summed E-state index contributed by atoms with van der Waals surface area (Å²) in [4.78, 5) is 2.15. The Balaban J connectivity index is 2.02. The monoisotopic (exact) mass is 215 g/mol. The molecule has 3 nitrogen and oxygen atoms in total. The maximum absolute atomic E-state index is 4.75. The molecule has 0 saturated carbocycles. The van der Waals surface area contributed by atoms with Crippen molar-refractivity contribution in [3.63, 3.8) is 0 Å². The van der Waals surface area contributed by atoms with Gasteiger partial charge < -0.3 is 9.42 Å². The summed E-state index contributed by atoms with van der Waals surface area (Å²) < 4.78 is 4.75. The van der Waals surface area contributed by atoms with E-state index in [0.29, 0.717) is 0 Å². The highest BCUT2D eigenvalue weighted by Crippen LogP contribution is 2.10. The molecular weight excluding hydrogens is 200 g/mol. The molecule has 0 fully saturated rings. The summed E-state index contributed by atoms with van der Waals surface area (Å²) in [5, 5.41) is 3.84. The molecule has 1 radical (unpaired) electrons. The fourth-order valence-corrected chi connectivity index (χ4v) is 1.62. The topological polar surface area (TPSA) is 29.3 Å². The van der Waals surface area contributed by atoms with E-state index in [1.165, 1.54) is 17.4 Å². The molecule has 0 amide bonds. The van der Waals surface area contributed by atoms with Crippen LogP contribution in [0.3, 0.4) is 0 Å². The van der Waals surface area contributed by atoms with Gasteiger partial charge in [0.25, 0.3) is 0 Å². The molecule has 0 atom stereocenters. The maximum atomic E-state index is 4.75. The third kappa shape index (κ3) is 2.94. The number of hydrogen-bond donors (Lipinski definition) is 0. The van der Waals surface area contributed by atoms with E-state index in [2.05, 4.69) is 54.5 Å². The van der Waals surface area contributed by atoms with E-state index in [-0.39, 0.29) is 0 Å². The lowest BCUT2D eigenvalue weighted by Gasteiger charge is -2.09. The number of aromatic nitrogens is 1. The second kappa shape index (κ2) is 4.94. The zero-order valence-corrected chi connectivity index (χ0v) is 9.60. The van der Waals surface area contributed by atoms with Crippen molar-refractivity contribution in [2.75, 3.05) is 14.1 Å². The van der Waals surface area contributed by atoms with Gasteiger partial charge in [-0.2, -0.15) is 0 Å². The van der Waals surface area contributed by atoms with E-state index in [9.17, 15) is 0 Å². The second-order valence-corrected chi connectivity index (χ2v) is 4.14. The minimum Gasteiger partial charge on any atom is -0.364 e. The normalized spacial score (nSPS) is 10.9. The van der Waals surface area contributed by atoms with Crippen molar-refractivity contribution in [2.24, 2.45) is 0 Å². The zero-order chi connectivity index (χ0) is 11.4. The molecular formula is C13H15N2O. The Hall–Kier alpha value is -1.61. The molecule has 0 aliphatic heterocycles. The van der Waals surface area contributed by atoms with E-state index in [0.717, 1.165) is 18.7 Å². The average molecular weight is 215 g/mol. The lowest BCUT2D eigenvalue weighted by molar-refractivity contribution is 0.402. The van der Waals surface area contributed by atoms with Crippen LogP contribution in [-0.2, 0) is 13.0 Å². The summed E-state index contributed by atoms with van der Waals surface area (Å²) in [7, 11) is 4.14. The third-order valence-electron chi connectivity index (χ3n) is 2.33. The fourth-order valence-electron chi connectivity index (χ4n) is 1.62. The highest BCUT2D eigenvalue weighted by atomic mass is 16.5. The molecule has 83 valence electrons. The van der Waals surface area contributed by atoms with Gasteiger partial charge in [0.15, 0.2) is 0 Å². The van der Waals surface area contributed by atoms with Crippen LogP contribution in [0.2, 0.25) is 0 Å². The first-order valence-corrected chi connectivity index (χ1v) is 5.27. The van der Waals surface area contributed by atoms with Crippen LogP contribution in [0.15, 0.2) is 35.1 Å². The quantitative estimate of drug-likeness (QED) is 0.782. The Bertz CT molecular complexity index is 418. The molecule has 0 aliphatic carbocycles. The highest BCUT2D eigenvalue weighted by molar-refractivity contribution is 5.25. The van der Waals surface area contributed by atoms with Crippen LogP contribution in [0.25, 0.3) is 0 Å². The van der Waals surface area contributed by atoms with Gasteiger partial charge in [0.05, 0.1) is 11.8 Å². The molecule has 0 spiro atoms. The lowest BCUT2D eigenvalue weighted by atomic mass is 10.1. The molecule has 2 rings (SSSR count). The molecule has 16 heavy (non-hydrogen) atoms. The highest BCUT2D eigenvalue weighted by Gasteiger charge is 2.00. The predicted octanol–water partition coefficient (Wildman–Crippen LogP) is 2.13. The summed E-state index contributed by atoms with van der Waals surface area (Å²) in [5.74, 6) is 0. The van der Waals surface area contributed by atoms with Gasteiger partial charge in [-0.25, -0.2) is 0 Å². The van der Waals surface area contributed by atoms with Crippen molar-refractivity contribution in [1.82, 2.24) is 10.1 Å². The Morgan fingerprint density at radius 1 is 1.19 bits per heavy atom. The lowest BCUT2D eigenvalue weighted by Crippen LogP contribution is -2.10. The molecule has 0 unspecified atom stereocenters. The van der Waals surface area contributed by atoms with Crippen molar-refractivity contribution in [3.05, 3.63) is 53.4 Å². The molecule has 1 aromatic heterocycles. The van der Waals surface area contributed by atoms with E-state index in [1.54, 1.807) is 0 Å². The molecule has 1 aromatic carbocycles. The smallest absolute Gasteiger partial charge is 0.132 e. The molecule has 1 heterocycles. The molecule has 0 saturated heterocycles. The van der Waals surface area contributed by atoms with Crippen molar-refractivity contribution < 1.29 is 4.52 Å². The van der Waals surface area contributed by atoms with Gasteiger partial charge in [0.1, 0.15) is 6.26 Å². The number of nitrogens with zero attached hydrogens (tertiary/aromatic N) is 2. The summed E-state index contributed by atoms with van der Waals surface area (Å²) in [6, 6.07) is 11.5. The van der Waals surface area contributed by atoms with Crippen LogP contribution in [0.4, 0.5) is 0 Å². The zero-order valence-electron chi connectivity index (χ0n) is 9.60. The maximum Gasteiger partial charge on any atom is 0.132 e. The van der Waals surface area contributed by atoms with E-state index >= 15 is 0 Å². The molecule has 0 bridgehead atoms. The molecule has 0 N–H and O–H groups in total. The predicted molar refractivity (Wildman–Crippen MR) is 62.0 cm³/mol. The summed E-state index contributed by atoms with van der Waals surface area (Å²) in [6.45, 7) is 0.969. The van der Waals surface area contributed by atoms with Crippen LogP contribution in [0, 0.1) is 6.07 Å². The minimum atomic E-state index is 0.777. The van der Waals surface area contributed by atoms with Gasteiger partial charge in [-0.3, -0.25) is 0 Å². The van der Waals surface area contributed by atoms with E-state index in [1.807, 2.05) is 0 Å². The van der Waals surface area contributed by atoms with Gasteiger partial charge in [-0.05, 0) is 25.2 Å². The van der Waals surface area contributed by atoms with Crippen LogP contribution in [-0.4, -0.2) is 24.2 Å². The van der Waals surface area contributed by atoms with E-state index in [4.69, 9.17) is 4.52 Å². The number of rotatable bonds is 4. The second-order valence-electron chi connectivity index (χ2n) is 4.14. The minimum absolute atomic E-state index is 0.777. The summed E-state index contributed by atoms with van der Waals surface area (Å²) in [6.07, 6.45) is 2.26. The van der Waals surface area contributed by atoms with Gasteiger partial charge >= 0.3 is 0 Å². The molecule has 3 heteroatoms. The van der Waals surface area contributed by atoms with Crippen molar-refractivity contribution >= 4 is 0 Å². The average Bonchev–Trinajstić information content (AvgIpc) is 2.73. The SMILES string of the molecule is CN(C)Cc1ccc(Cc2[c]con2)cc1. The van der Waals surface area contributed by atoms with Crippen LogP contribution < -0.4 is 0 Å². The largest absolute Gasteiger partial charge is 0.364 e. The summed E-state index contributed by atoms with van der Waals surface area (Å²) >= 11 is 0. The third-order valence-corrected chi connectivity index (χ3v) is 2.33. The van der Waals surface area contributed by atoms with Gasteiger partial charge in [0, 0.05) is 13.0 Å². The van der Waals surface area contributed by atoms with Gasteiger partial charge in [-0.1, -0.05) is 29.4 Å². The van der Waals surface area contributed by atoms with Gasteiger partial charge in [-0.15, -0.1) is 0 Å². The van der Waals surface area contributed by atoms with Gasteiger partial charge in [0.2, 0.25) is 0 Å². The van der Waals surface area contributed by atoms with Crippen molar-refractivity contribution in [3.8, 4) is 0 Å². The fraction of sp³-hybridized carbons (Fsp3) is 0.308. The Morgan fingerprint density at radius 3 is 2.44 bits per heavy atom. The Kier molecular flexibility index (Phi) is 3.37. The first-order valence-electron chi connectivity index (χ1n) is 5.27. The first kappa shape index (κ1) is 10.9. The Labute approximate surface area is 95.7 Å². The summed E-state index contributed by atoms with van der Waals surface area (Å²) in [5.41, 5.74) is 3.39. The van der Waals surface area contributed by atoms with Crippen molar-refractivity contribution in [2.45, 2.75) is 13.0 Å². The van der Waals surface area contributed by atoms with Crippen LogP contribution in [0.1, 0.15) is 16.8 Å². The van der Waals surface area contributed by atoms with Crippen LogP contribution in [0.5, 0.6) is 0 Å². The van der Waals surface area contributed by atoms with Crippen molar-refractivity contribution in [1.29, 1.82) is 0 Å². The number of hydrogen-bond acceptors (Lipinski definition) is 3. The number of benzene rings is 1. The first-order chi connectivity index (χ1) is 7.74. The molecule has 2 aromatic rings. The molecule has 0 aliphatic rings. The van der Waals surface area contributed by atoms with Crippen LogP contribution >= 0.6 is 0 Å². The standard InChI is InChI=1S/C13H15N2O/c1-15(2)10-12-5-3-11(4-6-12)9-13-7-8-16-14-13/h3-6,8H,9-10H2,1-2H3. The van der Waals surface area contributed by atoms with E-state index < -0.39 is 0 Å².